The molecule has 1 amide bonds. The summed E-state index contributed by atoms with van der Waals surface area (Å²) >= 11 is 1.00. The van der Waals surface area contributed by atoms with Gasteiger partial charge in [0.05, 0.1) is 10.6 Å². The van der Waals surface area contributed by atoms with E-state index in [4.69, 9.17) is 0 Å². The van der Waals surface area contributed by atoms with Gasteiger partial charge in [-0.1, -0.05) is 29.0 Å². The highest BCUT2D eigenvalue weighted by Gasteiger charge is 2.21. The van der Waals surface area contributed by atoms with Gasteiger partial charge in [-0.2, -0.15) is 0 Å². The van der Waals surface area contributed by atoms with E-state index in [-0.39, 0.29) is 15.9 Å². The molecule has 0 fully saturated rings. The molecule has 0 atom stereocenters. The highest BCUT2D eigenvalue weighted by atomic mass is 32.2. The number of thiazole rings is 1. The maximum absolute atomic E-state index is 12.8. The summed E-state index contributed by atoms with van der Waals surface area (Å²) in [5.41, 5.74) is 3.76. The number of carbonyl (C=O) groups is 1. The standard InChI is InChI=1S/C21H24N4O3S2/c1-13-6-11-18(14(2)12-13)30(27,28)24-21-22-15(3)19(29-21)20(26)23-16-7-9-17(10-8-16)25(4)5/h6-12H,1-5H3,(H,22,24)(H,23,26). The summed E-state index contributed by atoms with van der Waals surface area (Å²) in [4.78, 5) is 19.4. The van der Waals surface area contributed by atoms with Gasteiger partial charge in [0.2, 0.25) is 0 Å². The van der Waals surface area contributed by atoms with Crippen LogP contribution in [0.1, 0.15) is 26.5 Å². The summed E-state index contributed by atoms with van der Waals surface area (Å²) in [6.45, 7) is 5.32. The molecule has 3 rings (SSSR count). The Morgan fingerprint density at radius 3 is 2.30 bits per heavy atom. The average Bonchev–Trinajstić information content (AvgIpc) is 3.01. The van der Waals surface area contributed by atoms with E-state index in [0.29, 0.717) is 21.8 Å². The van der Waals surface area contributed by atoms with Gasteiger partial charge in [0.1, 0.15) is 4.88 Å². The summed E-state index contributed by atoms with van der Waals surface area (Å²) in [5, 5.41) is 2.98. The lowest BCUT2D eigenvalue weighted by molar-refractivity contribution is 0.103. The van der Waals surface area contributed by atoms with Crippen LogP contribution in [0.3, 0.4) is 0 Å². The molecule has 1 heterocycles. The number of anilines is 3. The number of rotatable bonds is 6. The van der Waals surface area contributed by atoms with Crippen LogP contribution >= 0.6 is 11.3 Å². The fourth-order valence-corrected chi connectivity index (χ4v) is 5.28. The molecule has 0 saturated carbocycles. The predicted octanol–water partition coefficient (Wildman–Crippen LogP) is 4.19. The van der Waals surface area contributed by atoms with Crippen molar-refractivity contribution in [2.24, 2.45) is 0 Å². The Morgan fingerprint density at radius 2 is 1.70 bits per heavy atom. The van der Waals surface area contributed by atoms with Crippen LogP contribution in [0.4, 0.5) is 16.5 Å². The minimum atomic E-state index is -3.80. The Bertz CT molecular complexity index is 1180. The molecule has 0 spiro atoms. The quantitative estimate of drug-likeness (QED) is 0.595. The van der Waals surface area contributed by atoms with Gasteiger partial charge < -0.3 is 10.2 Å². The summed E-state index contributed by atoms with van der Waals surface area (Å²) < 4.78 is 28.0. The molecule has 1 aromatic heterocycles. The topological polar surface area (TPSA) is 91.4 Å². The van der Waals surface area contributed by atoms with Gasteiger partial charge >= 0.3 is 0 Å². The summed E-state index contributed by atoms with van der Waals surface area (Å²) in [7, 11) is 0.0787. The monoisotopic (exact) mass is 444 g/mol. The van der Waals surface area contributed by atoms with E-state index < -0.39 is 10.0 Å². The van der Waals surface area contributed by atoms with Gasteiger partial charge in [-0.15, -0.1) is 0 Å². The lowest BCUT2D eigenvalue weighted by atomic mass is 10.2. The Kier molecular flexibility index (Phi) is 6.14. The number of hydrogen-bond donors (Lipinski definition) is 2. The van der Waals surface area contributed by atoms with Crippen molar-refractivity contribution in [1.29, 1.82) is 0 Å². The number of amides is 1. The van der Waals surface area contributed by atoms with Crippen LogP contribution in [-0.4, -0.2) is 33.4 Å². The van der Waals surface area contributed by atoms with Gasteiger partial charge in [-0.05, 0) is 56.7 Å². The van der Waals surface area contributed by atoms with Gasteiger partial charge in [0, 0.05) is 25.5 Å². The molecule has 0 bridgehead atoms. The molecular weight excluding hydrogens is 420 g/mol. The molecule has 7 nitrogen and oxygen atoms in total. The van der Waals surface area contributed by atoms with E-state index in [1.807, 2.05) is 56.3 Å². The SMILES string of the molecule is Cc1ccc(S(=O)(=O)Nc2nc(C)c(C(=O)Nc3ccc(N(C)C)cc3)s2)c(C)c1. The number of carbonyl (C=O) groups excluding carboxylic acids is 1. The minimum Gasteiger partial charge on any atom is -0.378 e. The Balaban J connectivity index is 1.78. The lowest BCUT2D eigenvalue weighted by Crippen LogP contribution is -2.14. The molecule has 30 heavy (non-hydrogen) atoms. The third-order valence-electron chi connectivity index (χ3n) is 4.49. The van der Waals surface area contributed by atoms with Crippen molar-refractivity contribution < 1.29 is 13.2 Å². The van der Waals surface area contributed by atoms with Crippen molar-refractivity contribution >= 4 is 43.8 Å². The van der Waals surface area contributed by atoms with Gasteiger partial charge in [-0.3, -0.25) is 9.52 Å². The minimum absolute atomic E-state index is 0.153. The second-order valence-corrected chi connectivity index (χ2v) is 9.85. The van der Waals surface area contributed by atoms with Crippen LogP contribution < -0.4 is 14.9 Å². The summed E-state index contributed by atoms with van der Waals surface area (Å²) in [5.74, 6) is -0.334. The first kappa shape index (κ1) is 21.8. The zero-order chi connectivity index (χ0) is 22.1. The fourth-order valence-electron chi connectivity index (χ4n) is 2.95. The molecule has 0 radical (unpaired) electrons. The van der Waals surface area contributed by atoms with Crippen LogP contribution in [0.25, 0.3) is 0 Å². The third-order valence-corrected chi connectivity index (χ3v) is 7.19. The van der Waals surface area contributed by atoms with E-state index in [0.717, 1.165) is 22.6 Å². The van der Waals surface area contributed by atoms with Crippen molar-refractivity contribution in [1.82, 2.24) is 4.98 Å². The highest BCUT2D eigenvalue weighted by Crippen LogP contribution is 2.27. The number of sulfonamides is 1. The fraction of sp³-hybridized carbons (Fsp3) is 0.238. The van der Waals surface area contributed by atoms with E-state index >= 15 is 0 Å². The molecule has 0 aliphatic rings. The molecule has 0 unspecified atom stereocenters. The second kappa shape index (κ2) is 8.45. The van der Waals surface area contributed by atoms with Crippen molar-refractivity contribution in [3.05, 3.63) is 64.2 Å². The molecule has 0 saturated heterocycles. The van der Waals surface area contributed by atoms with Gasteiger partial charge in [0.25, 0.3) is 15.9 Å². The first-order chi connectivity index (χ1) is 14.1. The first-order valence-electron chi connectivity index (χ1n) is 9.23. The van der Waals surface area contributed by atoms with Crippen molar-refractivity contribution in [3.63, 3.8) is 0 Å². The molecule has 2 aromatic carbocycles. The van der Waals surface area contributed by atoms with Gasteiger partial charge in [-0.25, -0.2) is 13.4 Å². The van der Waals surface area contributed by atoms with Crippen LogP contribution in [0.2, 0.25) is 0 Å². The molecule has 3 aromatic rings. The third kappa shape index (κ3) is 4.80. The molecule has 0 aliphatic heterocycles. The number of nitrogens with one attached hydrogen (secondary N) is 2. The van der Waals surface area contributed by atoms with Crippen molar-refractivity contribution in [2.45, 2.75) is 25.7 Å². The van der Waals surface area contributed by atoms with Gasteiger partial charge in [0.15, 0.2) is 5.13 Å². The van der Waals surface area contributed by atoms with Crippen molar-refractivity contribution in [3.8, 4) is 0 Å². The zero-order valence-electron chi connectivity index (χ0n) is 17.5. The average molecular weight is 445 g/mol. The number of hydrogen-bond acceptors (Lipinski definition) is 6. The van der Waals surface area contributed by atoms with Crippen LogP contribution in [0, 0.1) is 20.8 Å². The lowest BCUT2D eigenvalue weighted by Gasteiger charge is -2.12. The Labute approximate surface area is 180 Å². The zero-order valence-corrected chi connectivity index (χ0v) is 19.1. The maximum Gasteiger partial charge on any atom is 0.267 e. The molecule has 158 valence electrons. The van der Waals surface area contributed by atoms with Crippen LogP contribution in [0.15, 0.2) is 47.4 Å². The first-order valence-corrected chi connectivity index (χ1v) is 11.5. The van der Waals surface area contributed by atoms with Crippen molar-refractivity contribution in [2.75, 3.05) is 29.0 Å². The summed E-state index contributed by atoms with van der Waals surface area (Å²) in [6, 6.07) is 12.5. The Hall–Kier alpha value is -2.91. The smallest absolute Gasteiger partial charge is 0.267 e. The number of aryl methyl sites for hydroxylation is 3. The second-order valence-electron chi connectivity index (χ2n) is 7.20. The largest absolute Gasteiger partial charge is 0.378 e. The highest BCUT2D eigenvalue weighted by molar-refractivity contribution is 7.93. The molecule has 0 aliphatic carbocycles. The number of benzene rings is 2. The molecular formula is C21H24N4O3S2. The predicted molar refractivity (Wildman–Crippen MR) is 122 cm³/mol. The number of aromatic nitrogens is 1. The van der Waals surface area contributed by atoms with E-state index in [1.54, 1.807) is 26.0 Å². The van der Waals surface area contributed by atoms with E-state index in [9.17, 15) is 13.2 Å². The Morgan fingerprint density at radius 1 is 1.03 bits per heavy atom. The number of nitrogens with zero attached hydrogens (tertiary/aromatic N) is 2. The van der Waals surface area contributed by atoms with Crippen LogP contribution in [-0.2, 0) is 10.0 Å². The molecule has 2 N–H and O–H groups in total. The van der Waals surface area contributed by atoms with E-state index in [2.05, 4.69) is 15.0 Å². The van der Waals surface area contributed by atoms with E-state index in [1.165, 1.54) is 0 Å². The summed E-state index contributed by atoms with van der Waals surface area (Å²) in [6.07, 6.45) is 0. The normalized spacial score (nSPS) is 11.2. The molecule has 9 heteroatoms. The van der Waals surface area contributed by atoms with Crippen LogP contribution in [0.5, 0.6) is 0 Å². The maximum atomic E-state index is 12.8.